The van der Waals surface area contributed by atoms with E-state index in [9.17, 15) is 0 Å². The van der Waals surface area contributed by atoms with E-state index in [1.807, 2.05) is 60.7 Å². The van der Waals surface area contributed by atoms with Crippen LogP contribution in [0.5, 0.6) is 5.88 Å². The molecule has 0 amide bonds. The van der Waals surface area contributed by atoms with Gasteiger partial charge in [0, 0.05) is 18.6 Å². The van der Waals surface area contributed by atoms with Crippen molar-refractivity contribution in [3.8, 4) is 17.1 Å². The monoisotopic (exact) mass is 363 g/mol. The Morgan fingerprint density at radius 3 is 2.56 bits per heavy atom. The molecule has 136 valence electrons. The Hall–Kier alpha value is -3.74. The number of aromatic nitrogens is 3. The molecule has 4 aromatic rings. The molecule has 0 aliphatic carbocycles. The van der Waals surface area contributed by atoms with Gasteiger partial charge in [-0.05, 0) is 12.1 Å². The molecule has 0 atom stereocenters. The first-order valence-corrected chi connectivity index (χ1v) is 8.16. The number of benzene rings is 2. The van der Waals surface area contributed by atoms with Crippen LogP contribution in [0, 0.1) is 0 Å². The highest BCUT2D eigenvalue weighted by Crippen LogP contribution is 2.23. The second-order valence-electron chi connectivity index (χ2n) is 5.55. The van der Waals surface area contributed by atoms with Crippen molar-refractivity contribution in [3.05, 3.63) is 72.8 Å². The van der Waals surface area contributed by atoms with Crippen LogP contribution in [0.15, 0.2) is 71.5 Å². The molecule has 0 aliphatic rings. The van der Waals surface area contributed by atoms with Gasteiger partial charge in [0.1, 0.15) is 12.0 Å². The Bertz CT molecular complexity index is 1020. The Balaban J connectivity index is 0.000000481. The summed E-state index contributed by atoms with van der Waals surface area (Å²) in [5.74, 6) is 0.347. The number of hydrogen-bond donors (Lipinski definition) is 1. The summed E-state index contributed by atoms with van der Waals surface area (Å²) in [6.45, 7) is 1.35. The number of carboxylic acids is 1. The molecule has 0 unspecified atom stereocenters. The number of carboxylic acid groups (broad SMARTS) is 1. The smallest absolute Gasteiger partial charge is 0.300 e. The van der Waals surface area contributed by atoms with Gasteiger partial charge in [0.05, 0.1) is 10.9 Å². The summed E-state index contributed by atoms with van der Waals surface area (Å²) < 4.78 is 11.1. The lowest BCUT2D eigenvalue weighted by atomic mass is 10.1. The molecule has 0 fully saturated rings. The zero-order chi connectivity index (χ0) is 19.1. The second kappa shape index (κ2) is 8.57. The maximum Gasteiger partial charge on any atom is 0.300 e. The van der Waals surface area contributed by atoms with E-state index < -0.39 is 5.97 Å². The van der Waals surface area contributed by atoms with E-state index in [-0.39, 0.29) is 6.61 Å². The second-order valence-corrected chi connectivity index (χ2v) is 5.55. The third-order valence-electron chi connectivity index (χ3n) is 3.49. The third kappa shape index (κ3) is 4.88. The lowest BCUT2D eigenvalue weighted by molar-refractivity contribution is -0.134. The van der Waals surface area contributed by atoms with Crippen LogP contribution in [0.2, 0.25) is 0 Å². The molecular weight excluding hydrogens is 346 g/mol. The molecule has 2 aromatic heterocycles. The van der Waals surface area contributed by atoms with Crippen LogP contribution in [0.25, 0.3) is 22.2 Å². The Morgan fingerprint density at radius 1 is 1.07 bits per heavy atom. The molecule has 2 aromatic carbocycles. The van der Waals surface area contributed by atoms with Crippen molar-refractivity contribution < 1.29 is 19.2 Å². The minimum Gasteiger partial charge on any atom is -0.481 e. The number of aliphatic carboxylic acids is 1. The summed E-state index contributed by atoms with van der Waals surface area (Å²) in [4.78, 5) is 17.4. The van der Waals surface area contributed by atoms with Crippen molar-refractivity contribution in [3.63, 3.8) is 0 Å². The largest absolute Gasteiger partial charge is 0.481 e. The fraction of sp³-hybridized carbons (Fsp3) is 0.100. The number of rotatable bonds is 4. The van der Waals surface area contributed by atoms with Gasteiger partial charge in [-0.2, -0.15) is 0 Å². The van der Waals surface area contributed by atoms with Crippen LogP contribution in [-0.2, 0) is 11.4 Å². The number of fused-ring (bicyclic) bond motifs is 1. The molecule has 4 rings (SSSR count). The number of carbonyl (C=O) groups is 1. The quantitative estimate of drug-likeness (QED) is 0.586. The summed E-state index contributed by atoms with van der Waals surface area (Å²) in [6, 6.07) is 19.5. The molecule has 27 heavy (non-hydrogen) atoms. The molecule has 2 heterocycles. The van der Waals surface area contributed by atoms with Gasteiger partial charge >= 0.3 is 0 Å². The average molecular weight is 363 g/mol. The van der Waals surface area contributed by atoms with Crippen molar-refractivity contribution in [2.24, 2.45) is 0 Å². The fourth-order valence-electron chi connectivity index (χ4n) is 2.36. The number of ether oxygens (including phenoxy) is 1. The van der Waals surface area contributed by atoms with Gasteiger partial charge < -0.3 is 14.4 Å². The van der Waals surface area contributed by atoms with Gasteiger partial charge in [0.15, 0.2) is 12.4 Å². The van der Waals surface area contributed by atoms with Crippen LogP contribution in [0.4, 0.5) is 0 Å². The zero-order valence-corrected chi connectivity index (χ0v) is 14.6. The summed E-state index contributed by atoms with van der Waals surface area (Å²) in [7, 11) is 0. The van der Waals surface area contributed by atoms with Crippen molar-refractivity contribution >= 4 is 16.9 Å². The summed E-state index contributed by atoms with van der Waals surface area (Å²) >= 11 is 0. The topological polar surface area (TPSA) is 98.3 Å². The molecular formula is C20H17N3O4. The maximum atomic E-state index is 9.00. The first-order chi connectivity index (χ1) is 13.1. The van der Waals surface area contributed by atoms with Crippen LogP contribution >= 0.6 is 0 Å². The van der Waals surface area contributed by atoms with E-state index in [0.717, 1.165) is 29.1 Å². The lowest BCUT2D eigenvalue weighted by Crippen LogP contribution is -1.97. The summed E-state index contributed by atoms with van der Waals surface area (Å²) in [5, 5.41) is 12.4. The van der Waals surface area contributed by atoms with Crippen LogP contribution in [-0.4, -0.2) is 26.2 Å². The third-order valence-corrected chi connectivity index (χ3v) is 3.49. The predicted molar refractivity (Wildman–Crippen MR) is 99.1 cm³/mol. The first-order valence-electron chi connectivity index (χ1n) is 8.16. The van der Waals surface area contributed by atoms with E-state index in [1.54, 1.807) is 0 Å². The number of para-hydroxylation sites is 1. The summed E-state index contributed by atoms with van der Waals surface area (Å²) in [5.41, 5.74) is 2.65. The lowest BCUT2D eigenvalue weighted by Gasteiger charge is -2.05. The molecule has 7 heteroatoms. The van der Waals surface area contributed by atoms with Gasteiger partial charge in [-0.15, -0.1) is 0 Å². The van der Waals surface area contributed by atoms with Crippen LogP contribution in [0.1, 0.15) is 12.7 Å². The van der Waals surface area contributed by atoms with E-state index >= 15 is 0 Å². The Labute approximate surface area is 155 Å². The van der Waals surface area contributed by atoms with E-state index in [2.05, 4.69) is 15.1 Å². The zero-order valence-electron chi connectivity index (χ0n) is 14.6. The van der Waals surface area contributed by atoms with Crippen molar-refractivity contribution in [1.82, 2.24) is 15.1 Å². The highest BCUT2D eigenvalue weighted by Gasteiger charge is 2.09. The van der Waals surface area contributed by atoms with Gasteiger partial charge in [0.25, 0.3) is 5.97 Å². The van der Waals surface area contributed by atoms with Gasteiger partial charge in [-0.3, -0.25) is 4.79 Å². The molecule has 0 bridgehead atoms. The van der Waals surface area contributed by atoms with Crippen molar-refractivity contribution in [1.29, 1.82) is 0 Å². The van der Waals surface area contributed by atoms with E-state index in [0.29, 0.717) is 11.6 Å². The van der Waals surface area contributed by atoms with Gasteiger partial charge in [-0.25, -0.2) is 9.97 Å². The number of nitrogens with zero attached hydrogens (tertiary/aromatic N) is 3. The highest BCUT2D eigenvalue weighted by molar-refractivity contribution is 5.82. The average Bonchev–Trinajstić information content (AvgIpc) is 3.16. The molecule has 0 aliphatic heterocycles. The molecule has 0 saturated carbocycles. The molecule has 0 saturated heterocycles. The van der Waals surface area contributed by atoms with E-state index in [1.165, 1.54) is 6.33 Å². The van der Waals surface area contributed by atoms with Gasteiger partial charge in [0.2, 0.25) is 5.88 Å². The van der Waals surface area contributed by atoms with E-state index in [4.69, 9.17) is 19.2 Å². The Kier molecular flexibility index (Phi) is 5.73. The first kappa shape index (κ1) is 18.1. The molecule has 0 radical (unpaired) electrons. The fourth-order valence-corrected chi connectivity index (χ4v) is 2.36. The molecule has 0 spiro atoms. The highest BCUT2D eigenvalue weighted by atomic mass is 16.5. The standard InChI is InChI=1S/C18H13N3O2.C2H4O2/c1-2-6-13(7-3-1)17-10-14(23-21-17)11-22-18-15-8-4-5-9-16(15)19-12-20-18;1-2(3)4/h1-10,12H,11H2;1H3,(H,3,4). The maximum absolute atomic E-state index is 9.00. The normalized spacial score (nSPS) is 10.1. The minimum absolute atomic E-state index is 0.265. The van der Waals surface area contributed by atoms with Crippen molar-refractivity contribution in [2.75, 3.05) is 0 Å². The SMILES string of the molecule is CC(=O)O.c1ccc(-c2cc(COc3ncnc4ccccc34)on2)cc1. The Morgan fingerprint density at radius 2 is 1.78 bits per heavy atom. The van der Waals surface area contributed by atoms with Gasteiger partial charge in [-0.1, -0.05) is 47.6 Å². The minimum atomic E-state index is -0.833. The molecule has 1 N–H and O–H groups in total. The van der Waals surface area contributed by atoms with Crippen molar-refractivity contribution in [2.45, 2.75) is 13.5 Å². The van der Waals surface area contributed by atoms with Crippen LogP contribution in [0.3, 0.4) is 0 Å². The molecule has 7 nitrogen and oxygen atoms in total. The summed E-state index contributed by atoms with van der Waals surface area (Å²) in [6.07, 6.45) is 1.49. The predicted octanol–water partition coefficient (Wildman–Crippen LogP) is 3.95. The van der Waals surface area contributed by atoms with Crippen LogP contribution < -0.4 is 4.74 Å². The number of hydrogen-bond acceptors (Lipinski definition) is 6.